The first kappa shape index (κ1) is 29.4. The van der Waals surface area contributed by atoms with Crippen LogP contribution in [0.1, 0.15) is 36.1 Å². The molecule has 3 aromatic rings. The molecule has 3 rings (SSSR count). The first-order chi connectivity index (χ1) is 17.9. The average molecular weight is 601 g/mol. The SMILES string of the molecule is CCNC(=O)[C@@H](C)N(Cc1cccc(Br)c1)C(=O)CN(c1ccc(C)c(C)c1)S(=O)(=O)c1ccc(C)cc1. The van der Waals surface area contributed by atoms with Crippen LogP contribution >= 0.6 is 15.9 Å². The Hall–Kier alpha value is -3.17. The van der Waals surface area contributed by atoms with Crippen LogP contribution in [0, 0.1) is 20.8 Å². The quantitative estimate of drug-likeness (QED) is 0.350. The van der Waals surface area contributed by atoms with Crippen LogP contribution in [-0.2, 0) is 26.2 Å². The molecule has 7 nitrogen and oxygen atoms in total. The number of likely N-dealkylation sites (N-methyl/N-ethyl adjacent to an activating group) is 1. The van der Waals surface area contributed by atoms with Crippen LogP contribution in [0.5, 0.6) is 0 Å². The van der Waals surface area contributed by atoms with Gasteiger partial charge < -0.3 is 10.2 Å². The van der Waals surface area contributed by atoms with Crippen molar-refractivity contribution in [1.82, 2.24) is 10.2 Å². The molecule has 0 aromatic heterocycles. The summed E-state index contributed by atoms with van der Waals surface area (Å²) in [6.45, 7) is 9.27. The number of benzene rings is 3. The summed E-state index contributed by atoms with van der Waals surface area (Å²) in [5.41, 5.74) is 4.03. The Kier molecular flexibility index (Phi) is 9.73. The lowest BCUT2D eigenvalue weighted by atomic mass is 10.1. The van der Waals surface area contributed by atoms with E-state index in [-0.39, 0.29) is 17.3 Å². The Morgan fingerprint density at radius 3 is 2.24 bits per heavy atom. The van der Waals surface area contributed by atoms with Gasteiger partial charge in [-0.3, -0.25) is 13.9 Å². The van der Waals surface area contributed by atoms with Gasteiger partial charge in [-0.15, -0.1) is 0 Å². The van der Waals surface area contributed by atoms with Gasteiger partial charge in [0.25, 0.3) is 10.0 Å². The number of hydrogen-bond donors (Lipinski definition) is 1. The molecule has 0 heterocycles. The zero-order chi connectivity index (χ0) is 28.0. The van der Waals surface area contributed by atoms with E-state index < -0.39 is 28.5 Å². The van der Waals surface area contributed by atoms with Gasteiger partial charge in [0, 0.05) is 17.6 Å². The summed E-state index contributed by atoms with van der Waals surface area (Å²) in [4.78, 5) is 28.2. The number of halogens is 1. The van der Waals surface area contributed by atoms with E-state index in [4.69, 9.17) is 0 Å². The predicted octanol–water partition coefficient (Wildman–Crippen LogP) is 5.12. The molecule has 3 aromatic carbocycles. The highest BCUT2D eigenvalue weighted by Crippen LogP contribution is 2.27. The number of nitrogens with zero attached hydrogens (tertiary/aromatic N) is 2. The molecule has 9 heteroatoms. The van der Waals surface area contributed by atoms with Crippen molar-refractivity contribution in [1.29, 1.82) is 0 Å². The van der Waals surface area contributed by atoms with E-state index in [0.29, 0.717) is 12.2 Å². The molecular formula is C29H34BrN3O4S. The number of anilines is 1. The number of amides is 2. The van der Waals surface area contributed by atoms with Gasteiger partial charge in [0.1, 0.15) is 12.6 Å². The fourth-order valence-corrected chi connectivity index (χ4v) is 5.84. The number of sulfonamides is 1. The molecule has 0 radical (unpaired) electrons. The molecule has 0 aliphatic heterocycles. The van der Waals surface area contributed by atoms with Crippen molar-refractivity contribution in [2.24, 2.45) is 0 Å². The second kappa shape index (κ2) is 12.6. The molecule has 1 N–H and O–H groups in total. The van der Waals surface area contributed by atoms with Crippen molar-refractivity contribution in [3.8, 4) is 0 Å². The Morgan fingerprint density at radius 2 is 1.63 bits per heavy atom. The van der Waals surface area contributed by atoms with E-state index >= 15 is 0 Å². The lowest BCUT2D eigenvalue weighted by molar-refractivity contribution is -0.139. The van der Waals surface area contributed by atoms with E-state index in [0.717, 1.165) is 31.0 Å². The maximum Gasteiger partial charge on any atom is 0.264 e. The minimum Gasteiger partial charge on any atom is -0.355 e. The predicted molar refractivity (Wildman–Crippen MR) is 154 cm³/mol. The van der Waals surface area contributed by atoms with Crippen molar-refractivity contribution in [3.63, 3.8) is 0 Å². The topological polar surface area (TPSA) is 86.8 Å². The molecular weight excluding hydrogens is 566 g/mol. The smallest absolute Gasteiger partial charge is 0.264 e. The molecule has 0 bridgehead atoms. The van der Waals surface area contributed by atoms with Gasteiger partial charge in [0.2, 0.25) is 11.8 Å². The summed E-state index contributed by atoms with van der Waals surface area (Å²) in [5.74, 6) is -0.799. The van der Waals surface area contributed by atoms with Gasteiger partial charge in [-0.1, -0.05) is 51.8 Å². The molecule has 0 unspecified atom stereocenters. The van der Waals surface area contributed by atoms with Crippen molar-refractivity contribution >= 4 is 43.5 Å². The summed E-state index contributed by atoms with van der Waals surface area (Å²) < 4.78 is 29.7. The average Bonchev–Trinajstić information content (AvgIpc) is 2.87. The molecule has 0 aliphatic rings. The standard InChI is InChI=1S/C29H34BrN3O4S/c1-6-31-29(35)23(5)32(18-24-8-7-9-25(30)17-24)28(34)19-33(26-13-12-21(3)22(4)16-26)38(36,37)27-14-10-20(2)11-15-27/h7-17,23H,6,18-19H2,1-5H3,(H,31,35)/t23-/m1/s1. The number of carbonyl (C=O) groups is 2. The van der Waals surface area contributed by atoms with Crippen molar-refractivity contribution in [3.05, 3.63) is 93.5 Å². The van der Waals surface area contributed by atoms with Gasteiger partial charge in [-0.05, 0) is 87.7 Å². The molecule has 1 atom stereocenters. The zero-order valence-electron chi connectivity index (χ0n) is 22.4. The number of carbonyl (C=O) groups excluding carboxylic acids is 2. The maximum atomic E-state index is 13.9. The third-order valence-electron chi connectivity index (χ3n) is 6.43. The Balaban J connectivity index is 2.06. The first-order valence-electron chi connectivity index (χ1n) is 12.4. The van der Waals surface area contributed by atoms with Crippen LogP contribution in [0.15, 0.2) is 76.1 Å². The summed E-state index contributed by atoms with van der Waals surface area (Å²) in [7, 11) is -4.09. The molecule has 0 saturated heterocycles. The van der Waals surface area contributed by atoms with Crippen molar-refractivity contribution in [2.45, 2.75) is 52.1 Å². The van der Waals surface area contributed by atoms with Crippen LogP contribution in [0.4, 0.5) is 5.69 Å². The van der Waals surface area contributed by atoms with Crippen LogP contribution < -0.4 is 9.62 Å². The van der Waals surface area contributed by atoms with Crippen LogP contribution in [0.2, 0.25) is 0 Å². The first-order valence-corrected chi connectivity index (χ1v) is 14.7. The minimum atomic E-state index is -4.09. The van der Waals surface area contributed by atoms with Crippen LogP contribution in [0.25, 0.3) is 0 Å². The summed E-state index contributed by atoms with van der Waals surface area (Å²) >= 11 is 3.45. The largest absolute Gasteiger partial charge is 0.355 e. The van der Waals surface area contributed by atoms with E-state index in [9.17, 15) is 18.0 Å². The van der Waals surface area contributed by atoms with E-state index in [1.807, 2.05) is 51.1 Å². The minimum absolute atomic E-state index is 0.0874. The highest BCUT2D eigenvalue weighted by molar-refractivity contribution is 9.10. The summed E-state index contributed by atoms with van der Waals surface area (Å²) in [5, 5.41) is 2.76. The van der Waals surface area contributed by atoms with E-state index in [1.165, 1.54) is 4.90 Å². The molecule has 0 aliphatic carbocycles. The maximum absolute atomic E-state index is 13.9. The highest BCUT2D eigenvalue weighted by Gasteiger charge is 2.32. The lowest BCUT2D eigenvalue weighted by Crippen LogP contribution is -2.51. The van der Waals surface area contributed by atoms with Gasteiger partial charge in [-0.25, -0.2) is 8.42 Å². The lowest BCUT2D eigenvalue weighted by Gasteiger charge is -2.32. The van der Waals surface area contributed by atoms with Crippen LogP contribution in [0.3, 0.4) is 0 Å². The molecule has 202 valence electrons. The van der Waals surface area contributed by atoms with Gasteiger partial charge >= 0.3 is 0 Å². The Bertz CT molecular complexity index is 1410. The normalized spacial score (nSPS) is 12.1. The van der Waals surface area contributed by atoms with Gasteiger partial charge in [0.05, 0.1) is 10.6 Å². The van der Waals surface area contributed by atoms with E-state index in [1.54, 1.807) is 50.2 Å². The third kappa shape index (κ3) is 7.02. The Labute approximate surface area is 234 Å². The number of hydrogen-bond acceptors (Lipinski definition) is 4. The van der Waals surface area contributed by atoms with E-state index in [2.05, 4.69) is 21.2 Å². The summed E-state index contributed by atoms with van der Waals surface area (Å²) in [6, 6.07) is 18.5. The zero-order valence-corrected chi connectivity index (χ0v) is 24.8. The monoisotopic (exact) mass is 599 g/mol. The number of nitrogens with one attached hydrogen (secondary N) is 1. The molecule has 2 amide bonds. The number of rotatable bonds is 10. The van der Waals surface area contributed by atoms with Crippen molar-refractivity contribution in [2.75, 3.05) is 17.4 Å². The second-order valence-electron chi connectivity index (χ2n) is 9.32. The molecule has 0 fully saturated rings. The molecule has 0 saturated carbocycles. The Morgan fingerprint density at radius 1 is 0.947 bits per heavy atom. The fourth-order valence-electron chi connectivity index (χ4n) is 3.98. The van der Waals surface area contributed by atoms with Crippen molar-refractivity contribution < 1.29 is 18.0 Å². The highest BCUT2D eigenvalue weighted by atomic mass is 79.9. The van der Waals surface area contributed by atoms with Gasteiger partial charge in [0.15, 0.2) is 0 Å². The number of aryl methyl sites for hydroxylation is 3. The molecule has 0 spiro atoms. The second-order valence-corrected chi connectivity index (χ2v) is 12.1. The molecule has 38 heavy (non-hydrogen) atoms. The fraction of sp³-hybridized carbons (Fsp3) is 0.310. The van der Waals surface area contributed by atoms with Crippen LogP contribution in [-0.4, -0.2) is 44.3 Å². The summed E-state index contributed by atoms with van der Waals surface area (Å²) in [6.07, 6.45) is 0. The third-order valence-corrected chi connectivity index (χ3v) is 8.71. The van der Waals surface area contributed by atoms with Gasteiger partial charge in [-0.2, -0.15) is 0 Å².